The summed E-state index contributed by atoms with van der Waals surface area (Å²) in [6, 6.07) is 3.31. The molecule has 0 saturated carbocycles. The third kappa shape index (κ3) is 2.93. The zero-order valence-corrected chi connectivity index (χ0v) is 12.8. The monoisotopic (exact) mass is 333 g/mol. The van der Waals surface area contributed by atoms with E-state index in [0.29, 0.717) is 23.0 Å². The molecule has 0 aliphatic carbocycles. The standard InChI is InChI=1S/C12H13Cl2N3O2S/c13-8-4-10-11(5-9(8)14)17-12(16-10)3-7-6-20(18,19)2-1-15-7/h4-5,7,15H,1-3,6H2,(H,16,17). The van der Waals surface area contributed by atoms with Gasteiger partial charge in [-0.1, -0.05) is 23.2 Å². The first-order valence-corrected chi connectivity index (χ1v) is 8.78. The van der Waals surface area contributed by atoms with Gasteiger partial charge < -0.3 is 10.3 Å². The smallest absolute Gasteiger partial charge is 0.153 e. The molecule has 1 aromatic heterocycles. The van der Waals surface area contributed by atoms with Crippen molar-refractivity contribution in [2.75, 3.05) is 18.1 Å². The van der Waals surface area contributed by atoms with Crippen molar-refractivity contribution in [3.8, 4) is 0 Å². The van der Waals surface area contributed by atoms with Crippen LogP contribution in [0.4, 0.5) is 0 Å². The molecule has 2 heterocycles. The number of aromatic amines is 1. The van der Waals surface area contributed by atoms with Crippen LogP contribution in [0.3, 0.4) is 0 Å². The number of imidazole rings is 1. The fourth-order valence-electron chi connectivity index (χ4n) is 2.39. The Morgan fingerprint density at radius 2 is 2.05 bits per heavy atom. The normalized spacial score (nSPS) is 22.2. The maximum atomic E-state index is 11.6. The summed E-state index contributed by atoms with van der Waals surface area (Å²) in [6.45, 7) is 0.491. The van der Waals surface area contributed by atoms with Gasteiger partial charge in [0.1, 0.15) is 5.82 Å². The Morgan fingerprint density at radius 1 is 1.30 bits per heavy atom. The molecule has 1 aromatic carbocycles. The van der Waals surface area contributed by atoms with Crippen molar-refractivity contribution < 1.29 is 8.42 Å². The van der Waals surface area contributed by atoms with Crippen LogP contribution in [-0.2, 0) is 16.3 Å². The first kappa shape index (κ1) is 14.1. The lowest BCUT2D eigenvalue weighted by Crippen LogP contribution is -2.46. The summed E-state index contributed by atoms with van der Waals surface area (Å²) in [7, 11) is -2.94. The van der Waals surface area contributed by atoms with E-state index in [1.807, 2.05) is 0 Å². The summed E-state index contributed by atoms with van der Waals surface area (Å²) < 4.78 is 23.2. The molecule has 8 heteroatoms. The maximum Gasteiger partial charge on any atom is 0.153 e. The third-order valence-electron chi connectivity index (χ3n) is 3.31. The van der Waals surface area contributed by atoms with Crippen LogP contribution >= 0.6 is 23.2 Å². The Morgan fingerprint density at radius 3 is 2.80 bits per heavy atom. The molecule has 1 aliphatic heterocycles. The van der Waals surface area contributed by atoms with Gasteiger partial charge in [0, 0.05) is 19.0 Å². The van der Waals surface area contributed by atoms with E-state index >= 15 is 0 Å². The van der Waals surface area contributed by atoms with Crippen molar-refractivity contribution >= 4 is 44.1 Å². The Balaban J connectivity index is 1.84. The Hall–Kier alpha value is -0.820. The van der Waals surface area contributed by atoms with Crippen LogP contribution in [0.2, 0.25) is 10.0 Å². The number of nitrogens with one attached hydrogen (secondary N) is 2. The van der Waals surface area contributed by atoms with E-state index < -0.39 is 9.84 Å². The van der Waals surface area contributed by atoms with Crippen molar-refractivity contribution in [1.82, 2.24) is 15.3 Å². The molecule has 1 unspecified atom stereocenters. The summed E-state index contributed by atoms with van der Waals surface area (Å²) in [6.07, 6.45) is 0.531. The topological polar surface area (TPSA) is 74.8 Å². The molecule has 2 aromatic rings. The number of halogens is 2. The molecule has 0 radical (unpaired) electrons. The predicted octanol–water partition coefficient (Wildman–Crippen LogP) is 1.80. The van der Waals surface area contributed by atoms with Crippen LogP contribution in [0.1, 0.15) is 5.82 Å². The molecule has 20 heavy (non-hydrogen) atoms. The minimum Gasteiger partial charge on any atom is -0.342 e. The number of H-pyrrole nitrogens is 1. The molecule has 1 atom stereocenters. The molecule has 1 aliphatic rings. The third-order valence-corrected chi connectivity index (χ3v) is 5.77. The zero-order valence-electron chi connectivity index (χ0n) is 10.5. The fraction of sp³-hybridized carbons (Fsp3) is 0.417. The quantitative estimate of drug-likeness (QED) is 0.878. The molecule has 3 rings (SSSR count). The maximum absolute atomic E-state index is 11.6. The Bertz CT molecular complexity index is 718. The largest absolute Gasteiger partial charge is 0.342 e. The van der Waals surface area contributed by atoms with Crippen LogP contribution in [0.25, 0.3) is 11.0 Å². The van der Waals surface area contributed by atoms with Crippen molar-refractivity contribution in [3.05, 3.63) is 28.0 Å². The first-order valence-electron chi connectivity index (χ1n) is 6.20. The van der Waals surface area contributed by atoms with Gasteiger partial charge in [-0.2, -0.15) is 0 Å². The fourth-order valence-corrected chi connectivity index (χ4v) is 4.15. The van der Waals surface area contributed by atoms with Crippen molar-refractivity contribution in [1.29, 1.82) is 0 Å². The van der Waals surface area contributed by atoms with E-state index in [4.69, 9.17) is 23.2 Å². The van der Waals surface area contributed by atoms with Crippen molar-refractivity contribution in [2.24, 2.45) is 0 Å². The highest BCUT2D eigenvalue weighted by molar-refractivity contribution is 7.91. The molecule has 2 N–H and O–H groups in total. The van der Waals surface area contributed by atoms with Gasteiger partial charge >= 0.3 is 0 Å². The van der Waals surface area contributed by atoms with Crippen molar-refractivity contribution in [2.45, 2.75) is 12.5 Å². The summed E-state index contributed by atoms with van der Waals surface area (Å²) in [5.41, 5.74) is 1.53. The summed E-state index contributed by atoms with van der Waals surface area (Å²) in [5.74, 6) is 1.08. The van der Waals surface area contributed by atoms with E-state index in [9.17, 15) is 8.42 Å². The van der Waals surface area contributed by atoms with E-state index in [1.54, 1.807) is 12.1 Å². The van der Waals surface area contributed by atoms with Gasteiger partial charge in [0.15, 0.2) is 9.84 Å². The number of fused-ring (bicyclic) bond motifs is 1. The molecule has 108 valence electrons. The van der Waals surface area contributed by atoms with E-state index in [-0.39, 0.29) is 17.5 Å². The second-order valence-corrected chi connectivity index (χ2v) is 7.98. The van der Waals surface area contributed by atoms with Gasteiger partial charge in [0.05, 0.1) is 32.6 Å². The summed E-state index contributed by atoms with van der Waals surface area (Å²) in [4.78, 5) is 7.57. The highest BCUT2D eigenvalue weighted by atomic mass is 35.5. The molecule has 0 amide bonds. The summed E-state index contributed by atoms with van der Waals surface area (Å²) >= 11 is 11.9. The van der Waals surface area contributed by atoms with Crippen LogP contribution in [0.5, 0.6) is 0 Å². The average Bonchev–Trinajstić information content (AvgIpc) is 2.69. The van der Waals surface area contributed by atoms with Crippen LogP contribution < -0.4 is 5.32 Å². The van der Waals surface area contributed by atoms with Gasteiger partial charge in [-0.05, 0) is 12.1 Å². The van der Waals surface area contributed by atoms with Crippen molar-refractivity contribution in [3.63, 3.8) is 0 Å². The zero-order chi connectivity index (χ0) is 14.3. The number of hydrogen-bond acceptors (Lipinski definition) is 4. The minimum absolute atomic E-state index is 0.111. The number of aromatic nitrogens is 2. The SMILES string of the molecule is O=S1(=O)CCNC(Cc2nc3cc(Cl)c(Cl)cc3[nH]2)C1. The van der Waals surface area contributed by atoms with Gasteiger partial charge in [0.25, 0.3) is 0 Å². The minimum atomic E-state index is -2.94. The lowest BCUT2D eigenvalue weighted by atomic mass is 10.2. The first-order chi connectivity index (χ1) is 9.43. The van der Waals surface area contributed by atoms with E-state index in [0.717, 1.165) is 16.9 Å². The average molecular weight is 334 g/mol. The molecule has 1 saturated heterocycles. The second kappa shape index (κ2) is 5.18. The number of hydrogen-bond donors (Lipinski definition) is 2. The highest BCUT2D eigenvalue weighted by Gasteiger charge is 2.25. The lowest BCUT2D eigenvalue weighted by molar-refractivity contribution is 0.510. The van der Waals surface area contributed by atoms with Crippen LogP contribution in [-0.4, -0.2) is 42.5 Å². The number of sulfone groups is 1. The number of benzene rings is 1. The lowest BCUT2D eigenvalue weighted by Gasteiger charge is -2.22. The molecule has 0 bridgehead atoms. The van der Waals surface area contributed by atoms with Crippen LogP contribution in [0.15, 0.2) is 12.1 Å². The van der Waals surface area contributed by atoms with Crippen LogP contribution in [0, 0.1) is 0 Å². The second-order valence-electron chi connectivity index (χ2n) is 4.94. The van der Waals surface area contributed by atoms with Gasteiger partial charge in [-0.3, -0.25) is 0 Å². The number of nitrogens with zero attached hydrogens (tertiary/aromatic N) is 1. The molecule has 0 spiro atoms. The van der Waals surface area contributed by atoms with Gasteiger partial charge in [0.2, 0.25) is 0 Å². The Kier molecular flexibility index (Phi) is 3.66. The molecular weight excluding hydrogens is 321 g/mol. The van der Waals surface area contributed by atoms with E-state index in [1.165, 1.54) is 0 Å². The van der Waals surface area contributed by atoms with Gasteiger partial charge in [-0.25, -0.2) is 13.4 Å². The molecule has 1 fully saturated rings. The van der Waals surface area contributed by atoms with E-state index in [2.05, 4.69) is 15.3 Å². The summed E-state index contributed by atoms with van der Waals surface area (Å²) in [5, 5.41) is 4.12. The Labute approximate surface area is 126 Å². The predicted molar refractivity (Wildman–Crippen MR) is 80.3 cm³/mol. The highest BCUT2D eigenvalue weighted by Crippen LogP contribution is 2.26. The molecule has 5 nitrogen and oxygen atoms in total. The molecular formula is C12H13Cl2N3O2S. The number of rotatable bonds is 2. The van der Waals surface area contributed by atoms with Gasteiger partial charge in [-0.15, -0.1) is 0 Å².